The summed E-state index contributed by atoms with van der Waals surface area (Å²) in [7, 11) is 0. The van der Waals surface area contributed by atoms with Gasteiger partial charge in [-0.1, -0.05) is 62.2 Å². The molecule has 1 heterocycles. The van der Waals surface area contributed by atoms with Crippen LogP contribution in [0.25, 0.3) is 0 Å². The normalized spacial score (nSPS) is 10.8. The molecule has 3 nitrogen and oxygen atoms in total. The maximum Gasteiger partial charge on any atom is 0.287 e. The third-order valence-electron chi connectivity index (χ3n) is 2.67. The maximum atomic E-state index is 11.6. The second-order valence-electron chi connectivity index (χ2n) is 4.10. The molecule has 0 fully saturated rings. The van der Waals surface area contributed by atoms with Gasteiger partial charge in [-0.05, 0) is 6.42 Å². The maximum absolute atomic E-state index is 11.6. The van der Waals surface area contributed by atoms with Crippen LogP contribution >= 0.6 is 23.2 Å². The fraction of sp³-hybridized carbons (Fsp3) is 0.667. The minimum Gasteiger partial charge on any atom is -0.266 e. The van der Waals surface area contributed by atoms with Crippen molar-refractivity contribution in [1.82, 2.24) is 9.78 Å². The van der Waals surface area contributed by atoms with E-state index >= 15 is 0 Å². The molecular weight excluding hydrogens is 259 g/mol. The van der Waals surface area contributed by atoms with Crippen LogP contribution in [0.5, 0.6) is 0 Å². The number of rotatable bonds is 7. The van der Waals surface area contributed by atoms with Crippen molar-refractivity contribution in [2.24, 2.45) is 0 Å². The third kappa shape index (κ3) is 4.68. The van der Waals surface area contributed by atoms with Crippen LogP contribution in [-0.2, 0) is 6.54 Å². The first-order valence-corrected chi connectivity index (χ1v) is 6.83. The molecule has 0 radical (unpaired) electrons. The van der Waals surface area contributed by atoms with E-state index in [0.717, 1.165) is 12.8 Å². The predicted octanol–water partition coefficient (Wildman–Crippen LogP) is 3.91. The van der Waals surface area contributed by atoms with E-state index in [9.17, 15) is 4.79 Å². The highest BCUT2D eigenvalue weighted by molar-refractivity contribution is 6.41. The smallest absolute Gasteiger partial charge is 0.266 e. The molecule has 0 aromatic carbocycles. The lowest BCUT2D eigenvalue weighted by atomic mass is 10.1. The standard InChI is InChI=1S/C12H18Cl2N2O/c1-2-3-4-5-6-7-8-16-12(17)11(14)10(13)9-15-16/h9H,2-8H2,1H3. The fourth-order valence-corrected chi connectivity index (χ4v) is 1.92. The zero-order chi connectivity index (χ0) is 12.7. The summed E-state index contributed by atoms with van der Waals surface area (Å²) >= 11 is 11.5. The van der Waals surface area contributed by atoms with Gasteiger partial charge in [-0.3, -0.25) is 4.79 Å². The minimum atomic E-state index is -0.298. The van der Waals surface area contributed by atoms with Gasteiger partial charge in [0.1, 0.15) is 5.02 Å². The molecule has 0 spiro atoms. The molecule has 0 saturated carbocycles. The Labute approximate surface area is 112 Å². The Bertz CT molecular complexity index is 404. The molecule has 96 valence electrons. The average molecular weight is 277 g/mol. The van der Waals surface area contributed by atoms with E-state index in [0.29, 0.717) is 6.54 Å². The van der Waals surface area contributed by atoms with Crippen molar-refractivity contribution in [3.05, 3.63) is 26.6 Å². The molecular formula is C12H18Cl2N2O. The van der Waals surface area contributed by atoms with Gasteiger partial charge in [0, 0.05) is 6.54 Å². The first-order chi connectivity index (χ1) is 8.16. The SMILES string of the molecule is CCCCCCCCn1ncc(Cl)c(Cl)c1=O. The molecule has 0 atom stereocenters. The predicted molar refractivity (Wildman–Crippen MR) is 71.9 cm³/mol. The Morgan fingerprint density at radius 1 is 1.18 bits per heavy atom. The first kappa shape index (κ1) is 14.5. The number of aromatic nitrogens is 2. The summed E-state index contributed by atoms with van der Waals surface area (Å²) < 4.78 is 1.38. The van der Waals surface area contributed by atoms with Crippen LogP contribution in [0.3, 0.4) is 0 Å². The highest BCUT2D eigenvalue weighted by Gasteiger charge is 2.06. The fourth-order valence-electron chi connectivity index (χ4n) is 1.65. The Morgan fingerprint density at radius 2 is 1.82 bits per heavy atom. The first-order valence-electron chi connectivity index (χ1n) is 6.08. The van der Waals surface area contributed by atoms with Crippen LogP contribution in [0.1, 0.15) is 45.4 Å². The lowest BCUT2D eigenvalue weighted by Gasteiger charge is -2.05. The second kappa shape index (κ2) is 7.72. The topological polar surface area (TPSA) is 34.9 Å². The van der Waals surface area contributed by atoms with Crippen molar-refractivity contribution in [2.45, 2.75) is 52.0 Å². The summed E-state index contributed by atoms with van der Waals surface area (Å²) in [6.45, 7) is 2.81. The van der Waals surface area contributed by atoms with Crippen LogP contribution in [0.4, 0.5) is 0 Å². The molecule has 0 bridgehead atoms. The monoisotopic (exact) mass is 276 g/mol. The number of hydrogen-bond acceptors (Lipinski definition) is 2. The summed E-state index contributed by atoms with van der Waals surface area (Å²) in [6.07, 6.45) is 8.49. The van der Waals surface area contributed by atoms with Gasteiger partial charge in [0.05, 0.1) is 11.2 Å². The third-order valence-corrected chi connectivity index (χ3v) is 3.41. The molecule has 1 aromatic rings. The van der Waals surface area contributed by atoms with Gasteiger partial charge in [-0.2, -0.15) is 5.10 Å². The van der Waals surface area contributed by atoms with Gasteiger partial charge in [-0.25, -0.2) is 4.68 Å². The second-order valence-corrected chi connectivity index (χ2v) is 4.89. The van der Waals surface area contributed by atoms with E-state index in [-0.39, 0.29) is 15.6 Å². The number of hydrogen-bond donors (Lipinski definition) is 0. The van der Waals surface area contributed by atoms with Gasteiger partial charge >= 0.3 is 0 Å². The van der Waals surface area contributed by atoms with Crippen LogP contribution in [0.15, 0.2) is 11.0 Å². The van der Waals surface area contributed by atoms with Gasteiger partial charge in [-0.15, -0.1) is 0 Å². The van der Waals surface area contributed by atoms with Crippen molar-refractivity contribution >= 4 is 23.2 Å². The Kier molecular flexibility index (Phi) is 6.60. The quantitative estimate of drug-likeness (QED) is 0.708. The van der Waals surface area contributed by atoms with E-state index in [1.54, 1.807) is 0 Å². The molecule has 5 heteroatoms. The zero-order valence-electron chi connectivity index (χ0n) is 10.1. The number of nitrogens with zero attached hydrogens (tertiary/aromatic N) is 2. The Balaban J connectivity index is 2.37. The number of halogens is 2. The number of unbranched alkanes of at least 4 members (excludes halogenated alkanes) is 5. The van der Waals surface area contributed by atoms with Crippen molar-refractivity contribution in [3.8, 4) is 0 Å². The Hall–Kier alpha value is -0.540. The van der Waals surface area contributed by atoms with E-state index in [4.69, 9.17) is 23.2 Å². The van der Waals surface area contributed by atoms with Crippen molar-refractivity contribution < 1.29 is 0 Å². The molecule has 0 unspecified atom stereocenters. The summed E-state index contributed by atoms with van der Waals surface area (Å²) in [5.41, 5.74) is -0.298. The molecule has 0 amide bonds. The molecule has 0 saturated heterocycles. The highest BCUT2D eigenvalue weighted by atomic mass is 35.5. The summed E-state index contributed by atoms with van der Waals surface area (Å²) in [4.78, 5) is 11.6. The van der Waals surface area contributed by atoms with Crippen molar-refractivity contribution in [2.75, 3.05) is 0 Å². The van der Waals surface area contributed by atoms with Crippen LogP contribution in [0, 0.1) is 0 Å². The highest BCUT2D eigenvalue weighted by Crippen LogP contribution is 2.14. The molecule has 0 N–H and O–H groups in total. The molecule has 0 aliphatic carbocycles. The largest absolute Gasteiger partial charge is 0.287 e. The molecule has 1 aromatic heterocycles. The molecule has 1 rings (SSSR count). The molecule has 17 heavy (non-hydrogen) atoms. The molecule has 0 aliphatic heterocycles. The van der Waals surface area contributed by atoms with Crippen LogP contribution < -0.4 is 5.56 Å². The lowest BCUT2D eigenvalue weighted by molar-refractivity contribution is 0.509. The summed E-state index contributed by atoms with van der Waals surface area (Å²) in [5, 5.41) is 4.24. The van der Waals surface area contributed by atoms with Crippen molar-refractivity contribution in [3.63, 3.8) is 0 Å². The van der Waals surface area contributed by atoms with Gasteiger partial charge in [0.2, 0.25) is 0 Å². The van der Waals surface area contributed by atoms with Gasteiger partial charge in [0.15, 0.2) is 0 Å². The van der Waals surface area contributed by atoms with Crippen LogP contribution in [-0.4, -0.2) is 9.78 Å². The summed E-state index contributed by atoms with van der Waals surface area (Å²) in [5.74, 6) is 0. The van der Waals surface area contributed by atoms with E-state index in [1.807, 2.05) is 0 Å². The van der Waals surface area contributed by atoms with E-state index in [2.05, 4.69) is 12.0 Å². The van der Waals surface area contributed by atoms with Gasteiger partial charge in [0.25, 0.3) is 5.56 Å². The molecule has 0 aliphatic rings. The average Bonchev–Trinajstić information content (AvgIpc) is 2.33. The number of aryl methyl sites for hydroxylation is 1. The van der Waals surface area contributed by atoms with Gasteiger partial charge < -0.3 is 0 Å². The van der Waals surface area contributed by atoms with E-state index < -0.39 is 0 Å². The Morgan fingerprint density at radius 3 is 2.53 bits per heavy atom. The van der Waals surface area contributed by atoms with Crippen LogP contribution in [0.2, 0.25) is 10.0 Å². The van der Waals surface area contributed by atoms with E-state index in [1.165, 1.54) is 36.6 Å². The lowest BCUT2D eigenvalue weighted by Crippen LogP contribution is -2.23. The van der Waals surface area contributed by atoms with Crippen molar-refractivity contribution in [1.29, 1.82) is 0 Å². The summed E-state index contributed by atoms with van der Waals surface area (Å²) in [6, 6.07) is 0. The minimum absolute atomic E-state index is 0.0626. The zero-order valence-corrected chi connectivity index (χ0v) is 11.6.